The summed E-state index contributed by atoms with van der Waals surface area (Å²) in [5.41, 5.74) is 7.27. The maximum Gasteiger partial charge on any atom is 0.0507 e. The Labute approximate surface area is 105 Å². The van der Waals surface area contributed by atoms with E-state index in [9.17, 15) is 0 Å². The third-order valence-corrected chi connectivity index (χ3v) is 3.59. The molecule has 0 amide bonds. The summed E-state index contributed by atoms with van der Waals surface area (Å²) in [6.45, 7) is 4.04. The molecule has 0 spiro atoms. The van der Waals surface area contributed by atoms with Crippen molar-refractivity contribution in [1.82, 2.24) is 5.32 Å². The lowest BCUT2D eigenvalue weighted by Gasteiger charge is -2.25. The fraction of sp³-hybridized carbons (Fsp3) is 0.600. The van der Waals surface area contributed by atoms with E-state index < -0.39 is 0 Å². The number of benzene rings is 1. The molecular formula is C15H24N2. The van der Waals surface area contributed by atoms with Gasteiger partial charge in [-0.1, -0.05) is 43.2 Å². The number of hydrogen-bond acceptors (Lipinski definition) is 2. The first-order valence-corrected chi connectivity index (χ1v) is 6.73. The topological polar surface area (TPSA) is 38.0 Å². The van der Waals surface area contributed by atoms with Crippen LogP contribution in [0.3, 0.4) is 0 Å². The van der Waals surface area contributed by atoms with E-state index in [1.165, 1.54) is 31.2 Å². The average molecular weight is 232 g/mol. The van der Waals surface area contributed by atoms with Gasteiger partial charge in [-0.3, -0.25) is 0 Å². The monoisotopic (exact) mass is 232 g/mol. The molecule has 1 aromatic carbocycles. The highest BCUT2D eigenvalue weighted by atomic mass is 14.9. The van der Waals surface area contributed by atoms with Crippen LogP contribution < -0.4 is 11.1 Å². The maximum atomic E-state index is 6.33. The second kappa shape index (κ2) is 5.65. The molecule has 1 aliphatic rings. The lowest BCUT2D eigenvalue weighted by molar-refractivity contribution is 0.439. The molecule has 3 N–H and O–H groups in total. The molecule has 2 rings (SSSR count). The second-order valence-electron chi connectivity index (χ2n) is 5.55. The predicted octanol–water partition coefficient (Wildman–Crippen LogP) is 2.64. The highest BCUT2D eigenvalue weighted by Gasteiger charge is 2.21. The third kappa shape index (κ3) is 4.14. The third-order valence-electron chi connectivity index (χ3n) is 3.59. The van der Waals surface area contributed by atoms with E-state index in [2.05, 4.69) is 24.4 Å². The Morgan fingerprint density at radius 1 is 1.29 bits per heavy atom. The number of nitrogens with two attached hydrogens (primary N) is 1. The van der Waals surface area contributed by atoms with Crippen LogP contribution in [0.1, 0.15) is 38.2 Å². The Morgan fingerprint density at radius 2 is 2.00 bits per heavy atom. The van der Waals surface area contributed by atoms with Crippen LogP contribution in [-0.4, -0.2) is 13.1 Å². The first-order valence-electron chi connectivity index (χ1n) is 6.73. The van der Waals surface area contributed by atoms with E-state index in [-0.39, 0.29) is 5.54 Å². The van der Waals surface area contributed by atoms with Gasteiger partial charge in [0.25, 0.3) is 0 Å². The van der Waals surface area contributed by atoms with Gasteiger partial charge < -0.3 is 11.1 Å². The Balaban J connectivity index is 1.69. The Morgan fingerprint density at radius 3 is 2.65 bits per heavy atom. The quantitative estimate of drug-likeness (QED) is 0.709. The molecule has 2 heteroatoms. The van der Waals surface area contributed by atoms with Crippen molar-refractivity contribution in [2.75, 3.05) is 13.1 Å². The van der Waals surface area contributed by atoms with Crippen LogP contribution in [0.25, 0.3) is 0 Å². The van der Waals surface area contributed by atoms with Crippen LogP contribution in [-0.2, 0) is 5.54 Å². The van der Waals surface area contributed by atoms with Gasteiger partial charge in [0.05, 0.1) is 5.54 Å². The Hall–Kier alpha value is -0.860. The molecule has 0 saturated heterocycles. The number of hydrogen-bond donors (Lipinski definition) is 2. The molecule has 1 aromatic rings. The molecule has 1 fully saturated rings. The van der Waals surface area contributed by atoms with Crippen molar-refractivity contribution >= 4 is 0 Å². The molecule has 1 unspecified atom stereocenters. The molecule has 1 atom stereocenters. The van der Waals surface area contributed by atoms with E-state index in [1.807, 2.05) is 18.2 Å². The van der Waals surface area contributed by atoms with Gasteiger partial charge in [0.15, 0.2) is 0 Å². The van der Waals surface area contributed by atoms with Crippen molar-refractivity contribution in [3.05, 3.63) is 35.9 Å². The molecule has 94 valence electrons. The number of rotatable bonds is 7. The summed E-state index contributed by atoms with van der Waals surface area (Å²) in [6, 6.07) is 10.3. The molecule has 17 heavy (non-hydrogen) atoms. The van der Waals surface area contributed by atoms with Crippen molar-refractivity contribution in [2.24, 2.45) is 11.7 Å². The van der Waals surface area contributed by atoms with Crippen molar-refractivity contribution in [2.45, 2.75) is 38.1 Å². The van der Waals surface area contributed by atoms with Gasteiger partial charge in [0.2, 0.25) is 0 Å². The van der Waals surface area contributed by atoms with Crippen molar-refractivity contribution in [3.8, 4) is 0 Å². The van der Waals surface area contributed by atoms with Crippen LogP contribution in [0.2, 0.25) is 0 Å². The zero-order valence-electron chi connectivity index (χ0n) is 10.8. The zero-order chi connectivity index (χ0) is 12.1. The lowest BCUT2D eigenvalue weighted by Crippen LogP contribution is -2.43. The molecule has 1 saturated carbocycles. The molecule has 2 nitrogen and oxygen atoms in total. The normalized spacial score (nSPS) is 18.9. The molecule has 1 aliphatic carbocycles. The van der Waals surface area contributed by atoms with Gasteiger partial charge in [-0.05, 0) is 37.8 Å². The molecular weight excluding hydrogens is 208 g/mol. The number of nitrogens with one attached hydrogen (secondary N) is 1. The molecule has 0 bridgehead atoms. The van der Waals surface area contributed by atoms with E-state index in [4.69, 9.17) is 5.73 Å². The van der Waals surface area contributed by atoms with Crippen LogP contribution >= 0.6 is 0 Å². The van der Waals surface area contributed by atoms with E-state index in [1.54, 1.807) is 0 Å². The summed E-state index contributed by atoms with van der Waals surface area (Å²) in [6.07, 6.45) is 5.59. The Bertz CT molecular complexity index is 328. The summed E-state index contributed by atoms with van der Waals surface area (Å²) < 4.78 is 0. The van der Waals surface area contributed by atoms with Gasteiger partial charge in [0, 0.05) is 6.54 Å². The largest absolute Gasteiger partial charge is 0.321 e. The van der Waals surface area contributed by atoms with Crippen LogP contribution in [0.5, 0.6) is 0 Å². The van der Waals surface area contributed by atoms with Crippen LogP contribution in [0.15, 0.2) is 30.3 Å². The summed E-state index contributed by atoms with van der Waals surface area (Å²) >= 11 is 0. The SMILES string of the molecule is CC(N)(CNCCCC1CC1)c1ccccc1. The van der Waals surface area contributed by atoms with E-state index >= 15 is 0 Å². The minimum Gasteiger partial charge on any atom is -0.321 e. The zero-order valence-corrected chi connectivity index (χ0v) is 10.8. The van der Waals surface area contributed by atoms with Crippen molar-refractivity contribution < 1.29 is 0 Å². The van der Waals surface area contributed by atoms with Gasteiger partial charge in [0.1, 0.15) is 0 Å². The highest BCUT2D eigenvalue weighted by Crippen LogP contribution is 2.33. The molecule has 0 radical (unpaired) electrons. The summed E-state index contributed by atoms with van der Waals surface area (Å²) in [7, 11) is 0. The van der Waals surface area contributed by atoms with Gasteiger partial charge in [-0.15, -0.1) is 0 Å². The summed E-state index contributed by atoms with van der Waals surface area (Å²) in [5, 5.41) is 3.48. The second-order valence-corrected chi connectivity index (χ2v) is 5.55. The first kappa shape index (κ1) is 12.6. The van der Waals surface area contributed by atoms with Gasteiger partial charge in [-0.25, -0.2) is 0 Å². The standard InChI is InChI=1S/C15H24N2/c1-15(16,14-7-3-2-4-8-14)12-17-11-5-6-13-9-10-13/h2-4,7-8,13,17H,5-6,9-12,16H2,1H3. The molecule has 0 aliphatic heterocycles. The lowest BCUT2D eigenvalue weighted by atomic mass is 9.93. The fourth-order valence-corrected chi connectivity index (χ4v) is 2.19. The average Bonchev–Trinajstić information content (AvgIpc) is 3.14. The van der Waals surface area contributed by atoms with Gasteiger partial charge in [-0.2, -0.15) is 0 Å². The maximum absolute atomic E-state index is 6.33. The smallest absolute Gasteiger partial charge is 0.0507 e. The van der Waals surface area contributed by atoms with E-state index in [0.717, 1.165) is 19.0 Å². The summed E-state index contributed by atoms with van der Waals surface area (Å²) in [5.74, 6) is 1.04. The van der Waals surface area contributed by atoms with Crippen molar-refractivity contribution in [3.63, 3.8) is 0 Å². The van der Waals surface area contributed by atoms with Crippen LogP contribution in [0, 0.1) is 5.92 Å². The van der Waals surface area contributed by atoms with E-state index in [0.29, 0.717) is 0 Å². The minimum atomic E-state index is -0.263. The predicted molar refractivity (Wildman–Crippen MR) is 72.8 cm³/mol. The minimum absolute atomic E-state index is 0.263. The molecule has 0 aromatic heterocycles. The first-order chi connectivity index (χ1) is 8.18. The van der Waals surface area contributed by atoms with Crippen LogP contribution in [0.4, 0.5) is 0 Å². The van der Waals surface area contributed by atoms with Gasteiger partial charge >= 0.3 is 0 Å². The molecule has 0 heterocycles. The Kier molecular flexibility index (Phi) is 4.19. The highest BCUT2D eigenvalue weighted by molar-refractivity contribution is 5.23. The van der Waals surface area contributed by atoms with Crippen molar-refractivity contribution in [1.29, 1.82) is 0 Å². The summed E-state index contributed by atoms with van der Waals surface area (Å²) in [4.78, 5) is 0. The fourth-order valence-electron chi connectivity index (χ4n) is 2.19.